The minimum Gasteiger partial charge on any atom is -0.335 e. The van der Waals surface area contributed by atoms with E-state index in [4.69, 9.17) is 5.14 Å². The maximum atomic E-state index is 12.2. The summed E-state index contributed by atoms with van der Waals surface area (Å²) in [5, 5.41) is 8.25. The molecule has 0 aromatic carbocycles. The molecule has 0 radical (unpaired) electrons. The number of hydrogen-bond donors (Lipinski definition) is 2. The van der Waals surface area contributed by atoms with Crippen LogP contribution in [0.4, 0.5) is 0 Å². The number of nitrogens with one attached hydrogen (secondary N) is 1. The van der Waals surface area contributed by atoms with Crippen LogP contribution in [0.25, 0.3) is 0 Å². The maximum Gasteiger partial charge on any atom is 0.264 e. The normalized spacial score (nSPS) is 16.0. The van der Waals surface area contributed by atoms with Gasteiger partial charge in [-0.1, -0.05) is 0 Å². The molecule has 1 amide bonds. The van der Waals surface area contributed by atoms with Gasteiger partial charge in [-0.25, -0.2) is 13.6 Å². The van der Waals surface area contributed by atoms with Crippen LogP contribution in [0.15, 0.2) is 11.0 Å². The first-order valence-electron chi connectivity index (χ1n) is 5.53. The third-order valence-corrected chi connectivity index (χ3v) is 5.00. The van der Waals surface area contributed by atoms with Gasteiger partial charge in [0.15, 0.2) is 0 Å². The lowest BCUT2D eigenvalue weighted by Gasteiger charge is -2.26. The lowest BCUT2D eigenvalue weighted by atomic mass is 10.3. The summed E-state index contributed by atoms with van der Waals surface area (Å²) in [4.78, 5) is 14.9. The number of sulfonamides is 1. The summed E-state index contributed by atoms with van der Waals surface area (Å²) in [7, 11) is -3.75. The lowest BCUT2D eigenvalue weighted by Crippen LogP contribution is -2.46. The van der Waals surface area contributed by atoms with Gasteiger partial charge < -0.3 is 10.2 Å². The SMILES string of the molecule is Cc1sc(C(=O)N2CCNCC2)cc1S(N)(=O)=O.Cl. The average Bonchev–Trinajstić information content (AvgIpc) is 2.71. The Kier molecular flexibility index (Phi) is 5.34. The van der Waals surface area contributed by atoms with E-state index in [1.165, 1.54) is 17.4 Å². The number of piperazine rings is 1. The van der Waals surface area contributed by atoms with Crippen molar-refractivity contribution in [3.05, 3.63) is 15.8 Å². The van der Waals surface area contributed by atoms with Gasteiger partial charge in [0.05, 0.1) is 9.77 Å². The molecule has 2 rings (SSSR count). The number of nitrogens with two attached hydrogens (primary N) is 1. The Bertz CT molecular complexity index is 565. The van der Waals surface area contributed by atoms with E-state index in [0.29, 0.717) is 22.8 Å². The van der Waals surface area contributed by atoms with Crippen molar-refractivity contribution in [1.82, 2.24) is 10.2 Å². The molecular weight excluding hydrogens is 310 g/mol. The Balaban J connectivity index is 0.00000180. The van der Waals surface area contributed by atoms with E-state index in [0.717, 1.165) is 13.1 Å². The van der Waals surface area contributed by atoms with Crippen molar-refractivity contribution >= 4 is 39.7 Å². The largest absolute Gasteiger partial charge is 0.335 e. The van der Waals surface area contributed by atoms with Gasteiger partial charge in [0.1, 0.15) is 0 Å². The molecule has 9 heteroatoms. The van der Waals surface area contributed by atoms with E-state index < -0.39 is 10.0 Å². The molecule has 19 heavy (non-hydrogen) atoms. The van der Waals surface area contributed by atoms with Gasteiger partial charge >= 0.3 is 0 Å². The van der Waals surface area contributed by atoms with Crippen LogP contribution in [0.1, 0.15) is 14.5 Å². The Morgan fingerprint density at radius 2 is 2.00 bits per heavy atom. The first-order chi connectivity index (χ1) is 8.39. The molecule has 1 fully saturated rings. The van der Waals surface area contributed by atoms with E-state index in [-0.39, 0.29) is 23.2 Å². The fraction of sp³-hybridized carbons (Fsp3) is 0.500. The number of primary sulfonamides is 1. The molecule has 3 N–H and O–H groups in total. The van der Waals surface area contributed by atoms with E-state index in [2.05, 4.69) is 5.32 Å². The van der Waals surface area contributed by atoms with Crippen molar-refractivity contribution in [2.45, 2.75) is 11.8 Å². The van der Waals surface area contributed by atoms with Crippen LogP contribution in [-0.2, 0) is 10.0 Å². The maximum absolute atomic E-state index is 12.2. The molecule has 1 aliphatic heterocycles. The number of nitrogens with zero attached hydrogens (tertiary/aromatic N) is 1. The molecular formula is C10H16ClN3O3S2. The smallest absolute Gasteiger partial charge is 0.264 e. The van der Waals surface area contributed by atoms with Crippen LogP contribution < -0.4 is 10.5 Å². The molecule has 0 unspecified atom stereocenters. The number of hydrogen-bond acceptors (Lipinski definition) is 5. The van der Waals surface area contributed by atoms with Crippen molar-refractivity contribution in [2.24, 2.45) is 5.14 Å². The number of thiophene rings is 1. The molecule has 0 spiro atoms. The summed E-state index contributed by atoms with van der Waals surface area (Å²) in [5.74, 6) is -0.125. The second kappa shape index (κ2) is 6.19. The highest BCUT2D eigenvalue weighted by molar-refractivity contribution is 7.89. The summed E-state index contributed by atoms with van der Waals surface area (Å²) < 4.78 is 22.6. The average molecular weight is 326 g/mol. The summed E-state index contributed by atoms with van der Waals surface area (Å²) in [6.07, 6.45) is 0. The molecule has 1 aliphatic rings. The van der Waals surface area contributed by atoms with Crippen molar-refractivity contribution < 1.29 is 13.2 Å². The molecule has 0 aliphatic carbocycles. The van der Waals surface area contributed by atoms with Crippen LogP contribution in [0.3, 0.4) is 0 Å². The van der Waals surface area contributed by atoms with Gasteiger partial charge in [0, 0.05) is 31.1 Å². The third kappa shape index (κ3) is 3.67. The van der Waals surface area contributed by atoms with E-state index in [9.17, 15) is 13.2 Å². The molecule has 0 bridgehead atoms. The predicted molar refractivity (Wildman–Crippen MR) is 76.5 cm³/mol. The zero-order valence-corrected chi connectivity index (χ0v) is 12.8. The van der Waals surface area contributed by atoms with Crippen LogP contribution in [0, 0.1) is 6.92 Å². The first-order valence-corrected chi connectivity index (χ1v) is 7.89. The number of halogens is 1. The molecule has 1 aromatic rings. The number of carbonyl (C=O) groups excluding carboxylic acids is 1. The minimum atomic E-state index is -3.75. The van der Waals surface area contributed by atoms with Crippen LogP contribution in [0.5, 0.6) is 0 Å². The summed E-state index contributed by atoms with van der Waals surface area (Å²) in [5.41, 5.74) is 0. The molecule has 0 saturated carbocycles. The van der Waals surface area contributed by atoms with E-state index in [1.54, 1.807) is 11.8 Å². The summed E-state index contributed by atoms with van der Waals surface area (Å²) in [6, 6.07) is 1.37. The van der Waals surface area contributed by atoms with Gasteiger partial charge in [-0.2, -0.15) is 0 Å². The standard InChI is InChI=1S/C10H15N3O3S2.ClH/c1-7-9(18(11,15)16)6-8(17-7)10(14)13-4-2-12-3-5-13;/h6,12H,2-5H2,1H3,(H2,11,15,16);1H. The van der Waals surface area contributed by atoms with E-state index >= 15 is 0 Å². The fourth-order valence-corrected chi connectivity index (χ4v) is 3.99. The van der Waals surface area contributed by atoms with Crippen molar-refractivity contribution in [1.29, 1.82) is 0 Å². The van der Waals surface area contributed by atoms with E-state index in [1.807, 2.05) is 0 Å². The van der Waals surface area contributed by atoms with Crippen molar-refractivity contribution in [3.63, 3.8) is 0 Å². The topological polar surface area (TPSA) is 92.5 Å². The van der Waals surface area contributed by atoms with Crippen LogP contribution >= 0.6 is 23.7 Å². The summed E-state index contributed by atoms with van der Waals surface area (Å²) in [6.45, 7) is 4.45. The number of amides is 1. The minimum absolute atomic E-state index is 0. The molecule has 0 atom stereocenters. The number of rotatable bonds is 2. The Morgan fingerprint density at radius 3 is 2.47 bits per heavy atom. The second-order valence-electron chi connectivity index (χ2n) is 4.12. The monoisotopic (exact) mass is 325 g/mol. The molecule has 6 nitrogen and oxygen atoms in total. The molecule has 108 valence electrons. The van der Waals surface area contributed by atoms with Crippen LogP contribution in [0.2, 0.25) is 0 Å². The number of carbonyl (C=O) groups is 1. The van der Waals surface area contributed by atoms with Crippen molar-refractivity contribution in [3.8, 4) is 0 Å². The quantitative estimate of drug-likeness (QED) is 0.810. The van der Waals surface area contributed by atoms with Crippen LogP contribution in [-0.4, -0.2) is 45.4 Å². The second-order valence-corrected chi connectivity index (χ2v) is 6.90. The highest BCUT2D eigenvalue weighted by Gasteiger charge is 2.23. The zero-order valence-electron chi connectivity index (χ0n) is 10.4. The molecule has 1 saturated heterocycles. The third-order valence-electron chi connectivity index (χ3n) is 2.79. The molecule has 2 heterocycles. The predicted octanol–water partition coefficient (Wildman–Crippen LogP) is 0.171. The Labute approximate surface area is 122 Å². The highest BCUT2D eigenvalue weighted by atomic mass is 35.5. The lowest BCUT2D eigenvalue weighted by molar-refractivity contribution is 0.0740. The summed E-state index contributed by atoms with van der Waals surface area (Å²) >= 11 is 1.17. The first kappa shape index (κ1) is 16.4. The highest BCUT2D eigenvalue weighted by Crippen LogP contribution is 2.25. The van der Waals surface area contributed by atoms with Gasteiger partial charge in [-0.3, -0.25) is 4.79 Å². The van der Waals surface area contributed by atoms with Gasteiger partial charge in [0.25, 0.3) is 5.91 Å². The molecule has 1 aromatic heterocycles. The van der Waals surface area contributed by atoms with Gasteiger partial charge in [-0.15, -0.1) is 23.7 Å². The Hall–Kier alpha value is -0.670. The Morgan fingerprint density at radius 1 is 1.42 bits per heavy atom. The van der Waals surface area contributed by atoms with Crippen molar-refractivity contribution in [2.75, 3.05) is 26.2 Å². The zero-order chi connectivity index (χ0) is 13.3. The van der Waals surface area contributed by atoms with Gasteiger partial charge in [-0.05, 0) is 13.0 Å². The number of aryl methyl sites for hydroxylation is 1. The van der Waals surface area contributed by atoms with Gasteiger partial charge in [0.2, 0.25) is 10.0 Å². The fourth-order valence-electron chi connectivity index (χ4n) is 1.88.